The van der Waals surface area contributed by atoms with E-state index >= 15 is 0 Å². The molecule has 3 nitrogen and oxygen atoms in total. The summed E-state index contributed by atoms with van der Waals surface area (Å²) in [5.41, 5.74) is 1.28. The number of benzene rings is 1. The highest BCUT2D eigenvalue weighted by atomic mass is 79.9. The Balaban J connectivity index is 2.13. The molecule has 0 aliphatic rings. The van der Waals surface area contributed by atoms with Gasteiger partial charge in [0.1, 0.15) is 5.82 Å². The van der Waals surface area contributed by atoms with Gasteiger partial charge in [-0.25, -0.2) is 4.98 Å². The third-order valence-electron chi connectivity index (χ3n) is 2.53. The molecule has 0 fully saturated rings. The van der Waals surface area contributed by atoms with Crippen LogP contribution in [0.15, 0.2) is 41.1 Å². The third-order valence-corrected chi connectivity index (χ3v) is 3.02. The highest BCUT2D eigenvalue weighted by Crippen LogP contribution is 2.18. The number of rotatable bonds is 4. The lowest BCUT2D eigenvalue weighted by atomic mass is 10.1. The van der Waals surface area contributed by atoms with E-state index in [9.17, 15) is 0 Å². The SMILES string of the molecule is CNC(Cc1cccc(Br)c1)c1ncc[nH]1. The molecule has 16 heavy (non-hydrogen) atoms. The zero-order valence-electron chi connectivity index (χ0n) is 9.07. The topological polar surface area (TPSA) is 40.7 Å². The minimum Gasteiger partial charge on any atom is -0.347 e. The van der Waals surface area contributed by atoms with Gasteiger partial charge >= 0.3 is 0 Å². The van der Waals surface area contributed by atoms with Gasteiger partial charge in [-0.1, -0.05) is 28.1 Å². The lowest BCUT2D eigenvalue weighted by Gasteiger charge is -2.13. The number of hydrogen-bond donors (Lipinski definition) is 2. The van der Waals surface area contributed by atoms with E-state index in [0.29, 0.717) is 0 Å². The molecule has 0 saturated carbocycles. The minimum absolute atomic E-state index is 0.226. The lowest BCUT2D eigenvalue weighted by Crippen LogP contribution is -2.20. The van der Waals surface area contributed by atoms with E-state index in [4.69, 9.17) is 0 Å². The van der Waals surface area contributed by atoms with Crippen LogP contribution >= 0.6 is 15.9 Å². The first-order valence-electron chi connectivity index (χ1n) is 5.20. The van der Waals surface area contributed by atoms with Gasteiger partial charge in [0, 0.05) is 16.9 Å². The highest BCUT2D eigenvalue weighted by Gasteiger charge is 2.11. The molecule has 1 aromatic heterocycles. The summed E-state index contributed by atoms with van der Waals surface area (Å²) in [6.45, 7) is 0. The predicted octanol–water partition coefficient (Wildman–Crippen LogP) is 2.68. The van der Waals surface area contributed by atoms with Gasteiger partial charge in [0.2, 0.25) is 0 Å². The average molecular weight is 280 g/mol. The molecule has 0 amide bonds. The number of nitrogens with one attached hydrogen (secondary N) is 2. The molecule has 0 spiro atoms. The molecule has 4 heteroatoms. The van der Waals surface area contributed by atoms with Crippen molar-refractivity contribution in [2.24, 2.45) is 0 Å². The van der Waals surface area contributed by atoms with Crippen molar-refractivity contribution in [2.75, 3.05) is 7.05 Å². The molecular formula is C12H14BrN3. The third kappa shape index (κ3) is 2.71. The monoisotopic (exact) mass is 279 g/mol. The molecule has 1 atom stereocenters. The molecule has 0 saturated heterocycles. The second kappa shape index (κ2) is 5.27. The molecule has 84 valence electrons. The number of nitrogens with zero attached hydrogens (tertiary/aromatic N) is 1. The van der Waals surface area contributed by atoms with E-state index in [2.05, 4.69) is 43.3 Å². The maximum Gasteiger partial charge on any atom is 0.123 e. The minimum atomic E-state index is 0.226. The van der Waals surface area contributed by atoms with Crippen LogP contribution in [-0.2, 0) is 6.42 Å². The van der Waals surface area contributed by atoms with Crippen molar-refractivity contribution in [2.45, 2.75) is 12.5 Å². The van der Waals surface area contributed by atoms with Gasteiger partial charge in [-0.05, 0) is 31.2 Å². The molecule has 1 unspecified atom stereocenters. The van der Waals surface area contributed by atoms with Crippen molar-refractivity contribution in [3.05, 3.63) is 52.5 Å². The summed E-state index contributed by atoms with van der Waals surface area (Å²) in [6.07, 6.45) is 4.55. The molecule has 0 aliphatic carbocycles. The van der Waals surface area contributed by atoms with Crippen LogP contribution in [0.1, 0.15) is 17.4 Å². The Kier molecular flexibility index (Phi) is 3.74. The molecule has 2 aromatic rings. The van der Waals surface area contributed by atoms with Gasteiger partial charge in [-0.3, -0.25) is 0 Å². The van der Waals surface area contributed by atoms with Crippen molar-refractivity contribution in [1.29, 1.82) is 0 Å². The smallest absolute Gasteiger partial charge is 0.123 e. The first-order chi connectivity index (χ1) is 7.79. The Morgan fingerprint density at radius 3 is 3.00 bits per heavy atom. The van der Waals surface area contributed by atoms with Gasteiger partial charge in [0.05, 0.1) is 6.04 Å². The summed E-state index contributed by atoms with van der Waals surface area (Å²) in [4.78, 5) is 7.41. The zero-order chi connectivity index (χ0) is 11.4. The number of hydrogen-bond acceptors (Lipinski definition) is 2. The molecule has 1 aromatic carbocycles. The van der Waals surface area contributed by atoms with Crippen molar-refractivity contribution in [1.82, 2.24) is 15.3 Å². The van der Waals surface area contributed by atoms with Crippen LogP contribution in [0.5, 0.6) is 0 Å². The van der Waals surface area contributed by atoms with E-state index in [1.54, 1.807) is 6.20 Å². The summed E-state index contributed by atoms with van der Waals surface area (Å²) in [5, 5.41) is 3.26. The Labute approximate surface area is 103 Å². The van der Waals surface area contributed by atoms with Gasteiger partial charge in [-0.2, -0.15) is 0 Å². The summed E-state index contributed by atoms with van der Waals surface area (Å²) in [5.74, 6) is 0.975. The number of likely N-dealkylation sites (N-methyl/N-ethyl adjacent to an activating group) is 1. The largest absolute Gasteiger partial charge is 0.347 e. The zero-order valence-corrected chi connectivity index (χ0v) is 10.7. The van der Waals surface area contributed by atoms with Crippen LogP contribution in [0.2, 0.25) is 0 Å². The fourth-order valence-electron chi connectivity index (χ4n) is 1.70. The number of halogens is 1. The molecule has 2 N–H and O–H groups in total. The number of aromatic amines is 1. The van der Waals surface area contributed by atoms with Gasteiger partial charge in [0.25, 0.3) is 0 Å². The fraction of sp³-hybridized carbons (Fsp3) is 0.250. The average Bonchev–Trinajstić information content (AvgIpc) is 2.79. The quantitative estimate of drug-likeness (QED) is 0.904. The van der Waals surface area contributed by atoms with E-state index in [1.165, 1.54) is 5.56 Å². The molecule has 0 bridgehead atoms. The second-order valence-electron chi connectivity index (χ2n) is 3.65. The van der Waals surface area contributed by atoms with Crippen LogP contribution in [0.3, 0.4) is 0 Å². The van der Waals surface area contributed by atoms with E-state index < -0.39 is 0 Å². The van der Waals surface area contributed by atoms with E-state index in [1.807, 2.05) is 25.4 Å². The predicted molar refractivity (Wildman–Crippen MR) is 68.2 cm³/mol. The molecule has 0 aliphatic heterocycles. The van der Waals surface area contributed by atoms with Gasteiger partial charge in [0.15, 0.2) is 0 Å². The normalized spacial score (nSPS) is 12.6. The van der Waals surface area contributed by atoms with Crippen molar-refractivity contribution < 1.29 is 0 Å². The molecular weight excluding hydrogens is 266 g/mol. The Morgan fingerprint density at radius 1 is 1.50 bits per heavy atom. The summed E-state index contributed by atoms with van der Waals surface area (Å²) < 4.78 is 1.11. The summed E-state index contributed by atoms with van der Waals surface area (Å²) in [7, 11) is 1.95. The van der Waals surface area contributed by atoms with Crippen molar-refractivity contribution in [3.8, 4) is 0 Å². The lowest BCUT2D eigenvalue weighted by molar-refractivity contribution is 0.563. The number of H-pyrrole nitrogens is 1. The van der Waals surface area contributed by atoms with Crippen LogP contribution < -0.4 is 5.32 Å². The Morgan fingerprint density at radius 2 is 2.38 bits per heavy atom. The molecule has 2 rings (SSSR count). The maximum atomic E-state index is 4.28. The van der Waals surface area contributed by atoms with Gasteiger partial charge < -0.3 is 10.3 Å². The molecule has 0 radical (unpaired) electrons. The van der Waals surface area contributed by atoms with Crippen LogP contribution in [0.4, 0.5) is 0 Å². The first-order valence-corrected chi connectivity index (χ1v) is 6.00. The second-order valence-corrected chi connectivity index (χ2v) is 4.57. The fourth-order valence-corrected chi connectivity index (χ4v) is 2.15. The van der Waals surface area contributed by atoms with Gasteiger partial charge in [-0.15, -0.1) is 0 Å². The number of imidazole rings is 1. The van der Waals surface area contributed by atoms with Crippen molar-refractivity contribution in [3.63, 3.8) is 0 Å². The maximum absolute atomic E-state index is 4.28. The van der Waals surface area contributed by atoms with Crippen molar-refractivity contribution >= 4 is 15.9 Å². The van der Waals surface area contributed by atoms with Crippen LogP contribution in [-0.4, -0.2) is 17.0 Å². The number of aromatic nitrogens is 2. The summed E-state index contributed by atoms with van der Waals surface area (Å²) in [6, 6.07) is 8.56. The Hall–Kier alpha value is -1.13. The molecule has 1 heterocycles. The van der Waals surface area contributed by atoms with Crippen LogP contribution in [0.25, 0.3) is 0 Å². The Bertz CT molecular complexity index is 439. The first kappa shape index (κ1) is 11.4. The summed E-state index contributed by atoms with van der Waals surface area (Å²) >= 11 is 3.48. The van der Waals surface area contributed by atoms with E-state index in [-0.39, 0.29) is 6.04 Å². The van der Waals surface area contributed by atoms with Crippen LogP contribution in [0, 0.1) is 0 Å². The standard InChI is InChI=1S/C12H14BrN3/c1-14-11(12-15-5-6-16-12)8-9-3-2-4-10(13)7-9/h2-7,11,14H,8H2,1H3,(H,15,16). The highest BCUT2D eigenvalue weighted by molar-refractivity contribution is 9.10. The van der Waals surface area contributed by atoms with E-state index in [0.717, 1.165) is 16.7 Å².